The maximum absolute atomic E-state index is 10.7. The molecule has 0 aliphatic heterocycles. The van der Waals surface area contributed by atoms with Crippen LogP contribution in [-0.2, 0) is 0 Å². The minimum atomic E-state index is -0.500. The highest BCUT2D eigenvalue weighted by atomic mass is 32.1. The molecule has 1 amide bonds. The molecule has 0 saturated carbocycles. The van der Waals surface area contributed by atoms with Gasteiger partial charge >= 0.3 is 0 Å². The van der Waals surface area contributed by atoms with Gasteiger partial charge in [0.15, 0.2) is 0 Å². The summed E-state index contributed by atoms with van der Waals surface area (Å²) in [6, 6.07) is 0. The van der Waals surface area contributed by atoms with Crippen LogP contribution in [0.5, 0.6) is 0 Å². The van der Waals surface area contributed by atoms with Gasteiger partial charge in [-0.2, -0.15) is 0 Å². The van der Waals surface area contributed by atoms with E-state index in [1.54, 1.807) is 12.4 Å². The first-order valence-corrected chi connectivity index (χ1v) is 3.48. The Morgan fingerprint density at radius 2 is 2.60 bits per heavy atom. The second-order valence-electron chi connectivity index (χ2n) is 1.71. The molecule has 0 aliphatic carbocycles. The molecule has 1 heterocycles. The number of thiazole rings is 1. The van der Waals surface area contributed by atoms with E-state index in [1.165, 1.54) is 16.8 Å². The topological polar surface area (TPSA) is 62.2 Å². The summed E-state index contributed by atoms with van der Waals surface area (Å²) in [4.78, 5) is 15.0. The van der Waals surface area contributed by atoms with Gasteiger partial charge in [-0.1, -0.05) is 0 Å². The standard InChI is InChI=1S/C5H6N2O2S/c1-3-4(5(8)7-9)10-2-6-3/h2,9H,1H3,(H,7,8). The summed E-state index contributed by atoms with van der Waals surface area (Å²) >= 11 is 1.20. The van der Waals surface area contributed by atoms with Gasteiger partial charge in [-0.3, -0.25) is 10.0 Å². The van der Waals surface area contributed by atoms with Crippen LogP contribution in [0, 0.1) is 6.92 Å². The largest absolute Gasteiger partial charge is 0.288 e. The fourth-order valence-corrected chi connectivity index (χ4v) is 1.26. The minimum absolute atomic E-state index is 0.447. The van der Waals surface area contributed by atoms with Crippen molar-refractivity contribution in [2.45, 2.75) is 6.92 Å². The van der Waals surface area contributed by atoms with Gasteiger partial charge in [0.25, 0.3) is 5.91 Å². The number of hydroxylamine groups is 1. The molecule has 5 heteroatoms. The summed E-state index contributed by atoms with van der Waals surface area (Å²) in [5.74, 6) is -0.500. The molecule has 0 saturated heterocycles. The van der Waals surface area contributed by atoms with E-state index in [-0.39, 0.29) is 0 Å². The molecule has 10 heavy (non-hydrogen) atoms. The van der Waals surface area contributed by atoms with Crippen LogP contribution >= 0.6 is 11.3 Å². The number of hydrogen-bond acceptors (Lipinski definition) is 4. The SMILES string of the molecule is Cc1ncsc1C(=O)NO. The highest BCUT2D eigenvalue weighted by molar-refractivity contribution is 7.11. The molecule has 0 bridgehead atoms. The van der Waals surface area contributed by atoms with Crippen molar-refractivity contribution in [3.8, 4) is 0 Å². The van der Waals surface area contributed by atoms with E-state index in [1.807, 2.05) is 0 Å². The van der Waals surface area contributed by atoms with E-state index in [0.717, 1.165) is 0 Å². The Balaban J connectivity index is 2.93. The fraction of sp³-hybridized carbons (Fsp3) is 0.200. The Kier molecular flexibility index (Phi) is 1.98. The van der Waals surface area contributed by atoms with Crippen LogP contribution < -0.4 is 5.48 Å². The van der Waals surface area contributed by atoms with Crippen LogP contribution in [-0.4, -0.2) is 16.1 Å². The summed E-state index contributed by atoms with van der Waals surface area (Å²) < 4.78 is 0. The van der Waals surface area contributed by atoms with Crippen molar-refractivity contribution in [2.24, 2.45) is 0 Å². The zero-order valence-corrected chi connectivity index (χ0v) is 6.10. The number of aromatic nitrogens is 1. The highest BCUT2D eigenvalue weighted by Crippen LogP contribution is 2.10. The second-order valence-corrected chi connectivity index (χ2v) is 2.56. The van der Waals surface area contributed by atoms with Gasteiger partial charge in [0.1, 0.15) is 4.88 Å². The molecule has 0 radical (unpaired) electrons. The van der Waals surface area contributed by atoms with Crippen LogP contribution in [0.4, 0.5) is 0 Å². The molecule has 0 aromatic carbocycles. The quantitative estimate of drug-likeness (QED) is 0.464. The van der Waals surface area contributed by atoms with Crippen molar-refractivity contribution < 1.29 is 10.0 Å². The number of aryl methyl sites for hydroxylation is 1. The number of rotatable bonds is 1. The van der Waals surface area contributed by atoms with E-state index in [4.69, 9.17) is 5.21 Å². The number of nitrogens with one attached hydrogen (secondary N) is 1. The number of nitrogens with zero attached hydrogens (tertiary/aromatic N) is 1. The highest BCUT2D eigenvalue weighted by Gasteiger charge is 2.08. The summed E-state index contributed by atoms with van der Waals surface area (Å²) in [5.41, 5.74) is 3.73. The van der Waals surface area contributed by atoms with Crippen LogP contribution in [0.25, 0.3) is 0 Å². The first-order valence-electron chi connectivity index (χ1n) is 2.60. The third kappa shape index (κ3) is 1.14. The molecule has 2 N–H and O–H groups in total. The van der Waals surface area contributed by atoms with E-state index in [9.17, 15) is 4.79 Å². The molecular weight excluding hydrogens is 152 g/mol. The van der Waals surface area contributed by atoms with Crippen molar-refractivity contribution in [3.05, 3.63) is 16.1 Å². The van der Waals surface area contributed by atoms with Crippen LogP contribution in [0.2, 0.25) is 0 Å². The predicted molar refractivity (Wildman–Crippen MR) is 36.1 cm³/mol. The Bertz CT molecular complexity index is 246. The number of carbonyl (C=O) groups excluding carboxylic acids is 1. The summed E-state index contributed by atoms with van der Waals surface area (Å²) in [6.07, 6.45) is 0. The number of carbonyl (C=O) groups is 1. The van der Waals surface area contributed by atoms with Crippen molar-refractivity contribution >= 4 is 17.2 Å². The lowest BCUT2D eigenvalue weighted by atomic mass is 10.4. The maximum atomic E-state index is 10.7. The molecule has 0 aliphatic rings. The lowest BCUT2D eigenvalue weighted by molar-refractivity contribution is 0.0710. The molecule has 1 aromatic rings. The fourth-order valence-electron chi connectivity index (χ4n) is 0.571. The van der Waals surface area contributed by atoms with Crippen LogP contribution in [0.1, 0.15) is 15.4 Å². The lowest BCUT2D eigenvalue weighted by Gasteiger charge is -1.92. The molecule has 0 atom stereocenters. The first-order chi connectivity index (χ1) is 4.75. The average Bonchev–Trinajstić information content (AvgIpc) is 2.34. The second kappa shape index (κ2) is 2.76. The minimum Gasteiger partial charge on any atom is -0.288 e. The molecule has 54 valence electrons. The Labute approximate surface area is 61.5 Å². The summed E-state index contributed by atoms with van der Waals surface area (Å²) in [6.45, 7) is 1.71. The van der Waals surface area contributed by atoms with Gasteiger partial charge in [-0.05, 0) is 6.92 Å². The summed E-state index contributed by atoms with van der Waals surface area (Å²) in [7, 11) is 0. The van der Waals surface area contributed by atoms with Gasteiger partial charge in [-0.15, -0.1) is 11.3 Å². The van der Waals surface area contributed by atoms with Gasteiger partial charge in [0.2, 0.25) is 0 Å². The van der Waals surface area contributed by atoms with Gasteiger partial charge in [0, 0.05) is 0 Å². The molecular formula is C5H6N2O2S. The predicted octanol–water partition coefficient (Wildman–Crippen LogP) is 0.571. The van der Waals surface area contributed by atoms with Gasteiger partial charge < -0.3 is 0 Å². The third-order valence-corrected chi connectivity index (χ3v) is 1.98. The van der Waals surface area contributed by atoms with E-state index in [0.29, 0.717) is 10.6 Å². The molecule has 4 nitrogen and oxygen atoms in total. The van der Waals surface area contributed by atoms with Gasteiger partial charge in [0.05, 0.1) is 11.2 Å². The Hall–Kier alpha value is -0.940. The number of hydrogen-bond donors (Lipinski definition) is 2. The van der Waals surface area contributed by atoms with Crippen molar-refractivity contribution in [3.63, 3.8) is 0 Å². The molecule has 0 fully saturated rings. The third-order valence-electron chi connectivity index (χ3n) is 1.05. The van der Waals surface area contributed by atoms with E-state index < -0.39 is 5.91 Å². The van der Waals surface area contributed by atoms with E-state index >= 15 is 0 Å². The van der Waals surface area contributed by atoms with Crippen LogP contribution in [0.15, 0.2) is 5.51 Å². The van der Waals surface area contributed by atoms with Crippen molar-refractivity contribution in [1.29, 1.82) is 0 Å². The van der Waals surface area contributed by atoms with E-state index in [2.05, 4.69) is 4.98 Å². The Morgan fingerprint density at radius 1 is 1.90 bits per heavy atom. The zero-order valence-electron chi connectivity index (χ0n) is 5.29. The van der Waals surface area contributed by atoms with Crippen molar-refractivity contribution in [1.82, 2.24) is 10.5 Å². The zero-order chi connectivity index (χ0) is 7.56. The molecule has 0 spiro atoms. The summed E-state index contributed by atoms with van der Waals surface area (Å²) in [5, 5.41) is 8.21. The monoisotopic (exact) mass is 158 g/mol. The normalized spacial score (nSPS) is 9.40. The smallest absolute Gasteiger partial charge is 0.286 e. The number of amides is 1. The molecule has 1 rings (SSSR count). The maximum Gasteiger partial charge on any atom is 0.286 e. The lowest BCUT2D eigenvalue weighted by Crippen LogP contribution is -2.18. The van der Waals surface area contributed by atoms with Crippen LogP contribution in [0.3, 0.4) is 0 Å². The Morgan fingerprint density at radius 3 is 3.00 bits per heavy atom. The van der Waals surface area contributed by atoms with Gasteiger partial charge in [-0.25, -0.2) is 10.5 Å². The molecule has 0 unspecified atom stereocenters. The van der Waals surface area contributed by atoms with Crippen molar-refractivity contribution in [2.75, 3.05) is 0 Å². The average molecular weight is 158 g/mol. The molecule has 1 aromatic heterocycles. The first kappa shape index (κ1) is 7.17.